The summed E-state index contributed by atoms with van der Waals surface area (Å²) in [7, 11) is 0. The van der Waals surface area contributed by atoms with Crippen molar-refractivity contribution in [2.45, 2.75) is 84.1 Å². The molecular formula is C17H31NO3. The minimum Gasteiger partial charge on any atom is -0.481 e. The van der Waals surface area contributed by atoms with Gasteiger partial charge in [-0.05, 0) is 25.2 Å². The number of nitrogens with one attached hydrogen (secondary N) is 1. The summed E-state index contributed by atoms with van der Waals surface area (Å²) in [6.07, 6.45) is 9.88. The van der Waals surface area contributed by atoms with Crippen molar-refractivity contribution in [1.82, 2.24) is 5.32 Å². The molecule has 1 fully saturated rings. The first kappa shape index (κ1) is 18.0. The second kappa shape index (κ2) is 9.80. The number of hydrogen-bond donors (Lipinski definition) is 2. The van der Waals surface area contributed by atoms with E-state index in [2.05, 4.69) is 12.2 Å². The summed E-state index contributed by atoms with van der Waals surface area (Å²) >= 11 is 0. The van der Waals surface area contributed by atoms with Crippen molar-refractivity contribution in [2.24, 2.45) is 11.8 Å². The molecule has 2 atom stereocenters. The van der Waals surface area contributed by atoms with Crippen LogP contribution in [0.4, 0.5) is 0 Å². The molecule has 0 radical (unpaired) electrons. The van der Waals surface area contributed by atoms with Crippen molar-refractivity contribution in [1.29, 1.82) is 0 Å². The van der Waals surface area contributed by atoms with Gasteiger partial charge in [0.15, 0.2) is 0 Å². The lowest BCUT2D eigenvalue weighted by Gasteiger charge is -2.25. The summed E-state index contributed by atoms with van der Waals surface area (Å²) in [5.41, 5.74) is 0. The van der Waals surface area contributed by atoms with Crippen LogP contribution < -0.4 is 5.32 Å². The molecular weight excluding hydrogens is 266 g/mol. The lowest BCUT2D eigenvalue weighted by Crippen LogP contribution is -2.38. The normalized spacial score (nSPS) is 19.0. The number of aliphatic carboxylic acids is 1. The van der Waals surface area contributed by atoms with Gasteiger partial charge in [0.1, 0.15) is 0 Å². The van der Waals surface area contributed by atoms with Crippen molar-refractivity contribution in [2.75, 3.05) is 0 Å². The predicted octanol–water partition coefficient (Wildman–Crippen LogP) is 3.74. The van der Waals surface area contributed by atoms with Gasteiger partial charge in [-0.2, -0.15) is 0 Å². The maximum atomic E-state index is 12.1. The molecule has 21 heavy (non-hydrogen) atoms. The molecule has 1 aliphatic carbocycles. The third-order valence-corrected chi connectivity index (χ3v) is 4.60. The maximum Gasteiger partial charge on any atom is 0.306 e. The quantitative estimate of drug-likeness (QED) is 0.637. The van der Waals surface area contributed by atoms with E-state index in [1.165, 1.54) is 19.3 Å². The van der Waals surface area contributed by atoms with Crippen molar-refractivity contribution < 1.29 is 14.7 Å². The average molecular weight is 297 g/mol. The lowest BCUT2D eigenvalue weighted by molar-refractivity contribution is -0.144. The number of carbonyl (C=O) groups excluding carboxylic acids is 1. The molecule has 122 valence electrons. The van der Waals surface area contributed by atoms with Crippen LogP contribution in [0, 0.1) is 11.8 Å². The minimum atomic E-state index is -0.760. The molecule has 0 heterocycles. The Labute approximate surface area is 128 Å². The van der Waals surface area contributed by atoms with Gasteiger partial charge in [0.25, 0.3) is 0 Å². The molecule has 0 aliphatic heterocycles. The molecule has 1 rings (SSSR count). The number of hydrogen-bond acceptors (Lipinski definition) is 2. The molecule has 0 aromatic heterocycles. The van der Waals surface area contributed by atoms with Crippen LogP contribution in [-0.4, -0.2) is 23.0 Å². The highest BCUT2D eigenvalue weighted by molar-refractivity contribution is 5.78. The first-order valence-corrected chi connectivity index (χ1v) is 8.56. The number of carboxylic acids is 1. The van der Waals surface area contributed by atoms with E-state index in [4.69, 9.17) is 0 Å². The van der Waals surface area contributed by atoms with Crippen molar-refractivity contribution >= 4 is 11.9 Å². The smallest absolute Gasteiger partial charge is 0.306 e. The van der Waals surface area contributed by atoms with E-state index in [9.17, 15) is 14.7 Å². The fourth-order valence-electron chi connectivity index (χ4n) is 3.23. The van der Waals surface area contributed by atoms with Gasteiger partial charge in [0.05, 0.1) is 5.92 Å². The van der Waals surface area contributed by atoms with Gasteiger partial charge in [-0.15, -0.1) is 0 Å². The fourth-order valence-corrected chi connectivity index (χ4v) is 3.23. The Kier molecular flexibility index (Phi) is 8.40. The van der Waals surface area contributed by atoms with Crippen molar-refractivity contribution in [3.05, 3.63) is 0 Å². The third kappa shape index (κ3) is 6.96. The van der Waals surface area contributed by atoms with Crippen molar-refractivity contribution in [3.8, 4) is 0 Å². The lowest BCUT2D eigenvalue weighted by atomic mass is 9.86. The van der Waals surface area contributed by atoms with Gasteiger partial charge < -0.3 is 10.4 Å². The highest BCUT2D eigenvalue weighted by atomic mass is 16.4. The van der Waals surface area contributed by atoms with Crippen LogP contribution in [0.25, 0.3) is 0 Å². The van der Waals surface area contributed by atoms with E-state index in [0.717, 1.165) is 32.1 Å². The molecule has 4 nitrogen and oxygen atoms in total. The molecule has 4 heteroatoms. The second-order valence-corrected chi connectivity index (χ2v) is 6.52. The van der Waals surface area contributed by atoms with Crippen LogP contribution in [0.1, 0.15) is 78.1 Å². The standard InChI is InChI=1S/C17H31NO3/c1-3-4-6-11-15(17(20)21)13(2)12-16(19)18-14-9-7-5-8-10-14/h13-15H,3-12H2,1-2H3,(H,18,19)(H,20,21)/t13-,15+/m1/s1. The van der Waals surface area contributed by atoms with Crippen LogP contribution in [-0.2, 0) is 9.59 Å². The average Bonchev–Trinajstić information content (AvgIpc) is 2.44. The van der Waals surface area contributed by atoms with Crippen LogP contribution in [0.15, 0.2) is 0 Å². The summed E-state index contributed by atoms with van der Waals surface area (Å²) < 4.78 is 0. The van der Waals surface area contributed by atoms with Crippen LogP contribution >= 0.6 is 0 Å². The monoisotopic (exact) mass is 297 g/mol. The Hall–Kier alpha value is -1.06. The first-order valence-electron chi connectivity index (χ1n) is 8.56. The molecule has 0 unspecified atom stereocenters. The number of unbranched alkanes of at least 4 members (excludes halogenated alkanes) is 2. The van der Waals surface area contributed by atoms with E-state index in [0.29, 0.717) is 18.9 Å². The Balaban J connectivity index is 2.37. The Bertz CT molecular complexity index is 324. The summed E-state index contributed by atoms with van der Waals surface area (Å²) in [4.78, 5) is 23.4. The minimum absolute atomic E-state index is 0.0242. The van der Waals surface area contributed by atoms with E-state index < -0.39 is 11.9 Å². The van der Waals surface area contributed by atoms with E-state index >= 15 is 0 Å². The van der Waals surface area contributed by atoms with Gasteiger partial charge in [-0.1, -0.05) is 52.4 Å². The van der Waals surface area contributed by atoms with Crippen molar-refractivity contribution in [3.63, 3.8) is 0 Å². The largest absolute Gasteiger partial charge is 0.481 e. The first-order chi connectivity index (χ1) is 10.0. The summed E-state index contributed by atoms with van der Waals surface area (Å²) in [5, 5.41) is 12.4. The van der Waals surface area contributed by atoms with E-state index in [-0.39, 0.29) is 11.8 Å². The summed E-state index contributed by atoms with van der Waals surface area (Å²) in [5.74, 6) is -1.23. The zero-order valence-corrected chi connectivity index (χ0v) is 13.6. The zero-order valence-electron chi connectivity index (χ0n) is 13.6. The zero-order chi connectivity index (χ0) is 15.7. The maximum absolute atomic E-state index is 12.1. The Morgan fingerprint density at radius 1 is 1.19 bits per heavy atom. The molecule has 1 saturated carbocycles. The molecule has 0 bridgehead atoms. The highest BCUT2D eigenvalue weighted by Gasteiger charge is 2.26. The van der Waals surface area contributed by atoms with E-state index in [1.807, 2.05) is 6.92 Å². The molecule has 1 amide bonds. The van der Waals surface area contributed by atoms with Gasteiger partial charge >= 0.3 is 5.97 Å². The topological polar surface area (TPSA) is 66.4 Å². The molecule has 0 aromatic rings. The second-order valence-electron chi connectivity index (χ2n) is 6.52. The molecule has 1 aliphatic rings. The SMILES string of the molecule is CCCCC[C@H](C(=O)O)[C@H](C)CC(=O)NC1CCCCC1. The molecule has 0 saturated heterocycles. The third-order valence-electron chi connectivity index (χ3n) is 4.60. The van der Waals surface area contributed by atoms with Gasteiger partial charge in [0.2, 0.25) is 5.91 Å². The highest BCUT2D eigenvalue weighted by Crippen LogP contribution is 2.23. The van der Waals surface area contributed by atoms with Gasteiger partial charge in [0, 0.05) is 12.5 Å². The fraction of sp³-hybridized carbons (Fsp3) is 0.882. The molecule has 0 aromatic carbocycles. The van der Waals surface area contributed by atoms with Gasteiger partial charge in [-0.25, -0.2) is 0 Å². The van der Waals surface area contributed by atoms with Gasteiger partial charge in [-0.3, -0.25) is 9.59 Å². The molecule has 0 spiro atoms. The van der Waals surface area contributed by atoms with Crippen LogP contribution in [0.5, 0.6) is 0 Å². The predicted molar refractivity (Wildman–Crippen MR) is 84.1 cm³/mol. The number of carbonyl (C=O) groups is 2. The number of amides is 1. The number of rotatable bonds is 9. The Morgan fingerprint density at radius 3 is 2.43 bits per heavy atom. The Morgan fingerprint density at radius 2 is 1.86 bits per heavy atom. The number of carboxylic acid groups (broad SMARTS) is 1. The van der Waals surface area contributed by atoms with Crippen LogP contribution in [0.2, 0.25) is 0 Å². The summed E-state index contributed by atoms with van der Waals surface area (Å²) in [6, 6.07) is 0.307. The van der Waals surface area contributed by atoms with E-state index in [1.54, 1.807) is 0 Å². The van der Waals surface area contributed by atoms with Crippen LogP contribution in [0.3, 0.4) is 0 Å². The molecule has 2 N–H and O–H groups in total. The summed E-state index contributed by atoms with van der Waals surface area (Å²) in [6.45, 7) is 4.00.